The van der Waals surface area contributed by atoms with Gasteiger partial charge in [-0.2, -0.15) is 0 Å². The standard InChI is InChI=1S/C15H20N2O3/c16-14(18)11-4-1-3-10(7-11)9-17-13-6-2-5-12(8-13)15(19)20/h1,3-4,7,12-13,17H,2,5-6,8-9H2,(H2,16,18)(H,19,20). The lowest BCUT2D eigenvalue weighted by Crippen LogP contribution is -2.36. The van der Waals surface area contributed by atoms with Crippen molar-refractivity contribution in [2.75, 3.05) is 0 Å². The first kappa shape index (κ1) is 14.5. The van der Waals surface area contributed by atoms with Crippen molar-refractivity contribution in [3.63, 3.8) is 0 Å². The summed E-state index contributed by atoms with van der Waals surface area (Å²) in [5.74, 6) is -1.37. The van der Waals surface area contributed by atoms with Gasteiger partial charge in [-0.3, -0.25) is 9.59 Å². The van der Waals surface area contributed by atoms with Gasteiger partial charge in [0.2, 0.25) is 5.91 Å². The molecule has 5 heteroatoms. The van der Waals surface area contributed by atoms with E-state index in [1.165, 1.54) is 0 Å². The molecule has 2 atom stereocenters. The van der Waals surface area contributed by atoms with Gasteiger partial charge in [0.05, 0.1) is 5.92 Å². The SMILES string of the molecule is NC(=O)c1cccc(CNC2CCCC(C(=O)O)C2)c1. The second kappa shape index (κ2) is 6.52. The summed E-state index contributed by atoms with van der Waals surface area (Å²) >= 11 is 0. The van der Waals surface area contributed by atoms with Crippen LogP contribution >= 0.6 is 0 Å². The number of carboxylic acid groups (broad SMARTS) is 1. The van der Waals surface area contributed by atoms with E-state index in [9.17, 15) is 9.59 Å². The molecule has 0 aromatic heterocycles. The monoisotopic (exact) mass is 276 g/mol. The van der Waals surface area contributed by atoms with E-state index < -0.39 is 11.9 Å². The number of hydrogen-bond acceptors (Lipinski definition) is 3. The molecule has 2 unspecified atom stereocenters. The van der Waals surface area contributed by atoms with Crippen molar-refractivity contribution in [2.45, 2.75) is 38.3 Å². The van der Waals surface area contributed by atoms with Gasteiger partial charge in [-0.1, -0.05) is 18.6 Å². The smallest absolute Gasteiger partial charge is 0.306 e. The summed E-state index contributed by atoms with van der Waals surface area (Å²) in [6.07, 6.45) is 3.38. The molecule has 2 rings (SSSR count). The Labute approximate surface area is 118 Å². The van der Waals surface area contributed by atoms with Crippen LogP contribution in [0.3, 0.4) is 0 Å². The van der Waals surface area contributed by atoms with E-state index in [1.54, 1.807) is 18.2 Å². The minimum absolute atomic E-state index is 0.224. The Bertz CT molecular complexity index is 502. The van der Waals surface area contributed by atoms with Crippen molar-refractivity contribution < 1.29 is 14.7 Å². The summed E-state index contributed by atoms with van der Waals surface area (Å²) in [4.78, 5) is 22.1. The van der Waals surface area contributed by atoms with Gasteiger partial charge in [0.15, 0.2) is 0 Å². The molecule has 1 aromatic rings. The first-order valence-electron chi connectivity index (χ1n) is 6.91. The van der Waals surface area contributed by atoms with E-state index in [0.717, 1.165) is 24.8 Å². The van der Waals surface area contributed by atoms with Crippen LogP contribution in [0, 0.1) is 5.92 Å². The van der Waals surface area contributed by atoms with E-state index in [4.69, 9.17) is 10.8 Å². The number of carbonyl (C=O) groups excluding carboxylic acids is 1. The number of rotatable bonds is 5. The van der Waals surface area contributed by atoms with E-state index in [-0.39, 0.29) is 12.0 Å². The molecule has 1 aromatic carbocycles. The maximum absolute atomic E-state index is 11.1. The summed E-state index contributed by atoms with van der Waals surface area (Å²) in [7, 11) is 0. The van der Waals surface area contributed by atoms with Crippen molar-refractivity contribution >= 4 is 11.9 Å². The van der Waals surface area contributed by atoms with Gasteiger partial charge in [0, 0.05) is 18.2 Å². The van der Waals surface area contributed by atoms with E-state index in [0.29, 0.717) is 18.5 Å². The van der Waals surface area contributed by atoms with Gasteiger partial charge in [-0.25, -0.2) is 0 Å². The van der Waals surface area contributed by atoms with Crippen molar-refractivity contribution in [3.05, 3.63) is 35.4 Å². The molecule has 1 amide bonds. The molecule has 4 N–H and O–H groups in total. The molecule has 0 saturated heterocycles. The summed E-state index contributed by atoms with van der Waals surface area (Å²) in [5.41, 5.74) is 6.73. The van der Waals surface area contributed by atoms with Gasteiger partial charge in [-0.15, -0.1) is 0 Å². The van der Waals surface area contributed by atoms with Crippen LogP contribution in [0.4, 0.5) is 0 Å². The van der Waals surface area contributed by atoms with E-state index in [2.05, 4.69) is 5.32 Å². The topological polar surface area (TPSA) is 92.4 Å². The fourth-order valence-electron chi connectivity index (χ4n) is 2.70. The Morgan fingerprint density at radius 2 is 2.15 bits per heavy atom. The largest absolute Gasteiger partial charge is 0.481 e. The van der Waals surface area contributed by atoms with Crippen LogP contribution in [0.15, 0.2) is 24.3 Å². The highest BCUT2D eigenvalue weighted by Gasteiger charge is 2.26. The van der Waals surface area contributed by atoms with Gasteiger partial charge in [0.25, 0.3) is 0 Å². The van der Waals surface area contributed by atoms with Crippen LogP contribution in [0.1, 0.15) is 41.6 Å². The Hall–Kier alpha value is -1.88. The fourth-order valence-corrected chi connectivity index (χ4v) is 2.70. The third-order valence-electron chi connectivity index (χ3n) is 3.83. The first-order valence-corrected chi connectivity index (χ1v) is 6.91. The highest BCUT2D eigenvalue weighted by atomic mass is 16.4. The Kier molecular flexibility index (Phi) is 4.74. The Morgan fingerprint density at radius 1 is 1.35 bits per heavy atom. The molecule has 1 saturated carbocycles. The van der Waals surface area contributed by atoms with Crippen LogP contribution in [-0.2, 0) is 11.3 Å². The molecule has 0 bridgehead atoms. The number of carboxylic acids is 1. The van der Waals surface area contributed by atoms with Crippen molar-refractivity contribution in [3.8, 4) is 0 Å². The molecule has 1 aliphatic rings. The summed E-state index contributed by atoms with van der Waals surface area (Å²) < 4.78 is 0. The Morgan fingerprint density at radius 3 is 2.85 bits per heavy atom. The summed E-state index contributed by atoms with van der Waals surface area (Å²) in [6.45, 7) is 0.623. The minimum atomic E-state index is -0.702. The van der Waals surface area contributed by atoms with Crippen LogP contribution < -0.4 is 11.1 Å². The van der Waals surface area contributed by atoms with Crippen LogP contribution in [0.2, 0.25) is 0 Å². The number of primary amides is 1. The quantitative estimate of drug-likeness (QED) is 0.760. The summed E-state index contributed by atoms with van der Waals surface area (Å²) in [6, 6.07) is 7.41. The average molecular weight is 276 g/mol. The predicted molar refractivity (Wildman–Crippen MR) is 75.2 cm³/mol. The molecular formula is C15H20N2O3. The van der Waals surface area contributed by atoms with Gasteiger partial charge < -0.3 is 16.2 Å². The van der Waals surface area contributed by atoms with E-state index >= 15 is 0 Å². The zero-order valence-electron chi connectivity index (χ0n) is 11.3. The molecule has 1 fully saturated rings. The molecule has 0 spiro atoms. The zero-order valence-corrected chi connectivity index (χ0v) is 11.3. The fraction of sp³-hybridized carbons (Fsp3) is 0.467. The number of benzene rings is 1. The number of nitrogens with one attached hydrogen (secondary N) is 1. The number of nitrogens with two attached hydrogens (primary N) is 1. The average Bonchev–Trinajstić information content (AvgIpc) is 2.45. The Balaban J connectivity index is 1.90. The lowest BCUT2D eigenvalue weighted by Gasteiger charge is -2.27. The highest BCUT2D eigenvalue weighted by molar-refractivity contribution is 5.92. The predicted octanol–water partition coefficient (Wildman–Crippen LogP) is 1.52. The first-order chi connectivity index (χ1) is 9.56. The molecule has 0 radical (unpaired) electrons. The second-order valence-electron chi connectivity index (χ2n) is 5.34. The van der Waals surface area contributed by atoms with Crippen molar-refractivity contribution in [1.29, 1.82) is 0 Å². The second-order valence-corrected chi connectivity index (χ2v) is 5.34. The number of hydrogen-bond donors (Lipinski definition) is 3. The van der Waals surface area contributed by atoms with Crippen LogP contribution in [0.5, 0.6) is 0 Å². The molecule has 20 heavy (non-hydrogen) atoms. The molecule has 1 aliphatic carbocycles. The zero-order chi connectivity index (χ0) is 14.5. The number of amides is 1. The normalized spacial score (nSPS) is 22.4. The lowest BCUT2D eigenvalue weighted by atomic mass is 9.86. The molecule has 0 heterocycles. The number of carbonyl (C=O) groups is 2. The molecular weight excluding hydrogens is 256 g/mol. The minimum Gasteiger partial charge on any atom is -0.481 e. The third kappa shape index (κ3) is 3.81. The van der Waals surface area contributed by atoms with Crippen molar-refractivity contribution in [2.24, 2.45) is 11.7 Å². The van der Waals surface area contributed by atoms with Gasteiger partial charge >= 0.3 is 5.97 Å². The van der Waals surface area contributed by atoms with Gasteiger partial charge in [-0.05, 0) is 37.0 Å². The van der Waals surface area contributed by atoms with Crippen LogP contribution in [-0.4, -0.2) is 23.0 Å². The molecule has 5 nitrogen and oxygen atoms in total. The van der Waals surface area contributed by atoms with E-state index in [1.807, 2.05) is 6.07 Å². The lowest BCUT2D eigenvalue weighted by molar-refractivity contribution is -0.143. The number of aliphatic carboxylic acids is 1. The summed E-state index contributed by atoms with van der Waals surface area (Å²) in [5, 5.41) is 12.4. The van der Waals surface area contributed by atoms with Gasteiger partial charge in [0.1, 0.15) is 0 Å². The third-order valence-corrected chi connectivity index (χ3v) is 3.83. The maximum Gasteiger partial charge on any atom is 0.306 e. The van der Waals surface area contributed by atoms with Crippen LogP contribution in [0.25, 0.3) is 0 Å². The highest BCUT2D eigenvalue weighted by Crippen LogP contribution is 2.24. The maximum atomic E-state index is 11.1. The van der Waals surface area contributed by atoms with Crippen molar-refractivity contribution in [1.82, 2.24) is 5.32 Å². The molecule has 108 valence electrons. The molecule has 0 aliphatic heterocycles.